The van der Waals surface area contributed by atoms with Crippen molar-refractivity contribution in [1.29, 1.82) is 0 Å². The molecule has 2 rings (SSSR count). The molecule has 0 atom stereocenters. The summed E-state index contributed by atoms with van der Waals surface area (Å²) in [4.78, 5) is 5.73. The Morgan fingerprint density at radius 3 is 2.41 bits per heavy atom. The summed E-state index contributed by atoms with van der Waals surface area (Å²) in [7, 11) is 0. The topological polar surface area (TPSA) is 38.9 Å². The number of pyridine rings is 1. The van der Waals surface area contributed by atoms with E-state index in [1.807, 2.05) is 36.4 Å². The minimum atomic E-state index is 0.362. The molecule has 0 saturated heterocycles. The van der Waals surface area contributed by atoms with Gasteiger partial charge >= 0.3 is 0 Å². The number of rotatable bonds is 3. The highest BCUT2D eigenvalue weighted by Crippen LogP contribution is 2.26. The van der Waals surface area contributed by atoms with E-state index >= 15 is 0 Å². The van der Waals surface area contributed by atoms with Crippen LogP contribution in [0, 0.1) is 0 Å². The average molecular weight is 281 g/mol. The van der Waals surface area contributed by atoms with E-state index in [9.17, 15) is 0 Å². The molecule has 0 radical (unpaired) electrons. The fourth-order valence-corrected chi connectivity index (χ4v) is 2.21. The fraction of sp³-hybridized carbons (Fsp3) is 0. The van der Waals surface area contributed by atoms with E-state index in [0.29, 0.717) is 4.99 Å². The molecule has 0 amide bonds. The van der Waals surface area contributed by atoms with Gasteiger partial charge in [-0.1, -0.05) is 35.6 Å². The third-order valence-electron chi connectivity index (χ3n) is 2.06. The van der Waals surface area contributed by atoms with Crippen molar-refractivity contribution in [2.45, 2.75) is 9.92 Å². The molecule has 1 aromatic heterocycles. The van der Waals surface area contributed by atoms with Gasteiger partial charge in [-0.2, -0.15) is 0 Å². The van der Waals surface area contributed by atoms with Crippen molar-refractivity contribution in [2.24, 2.45) is 5.73 Å². The van der Waals surface area contributed by atoms with Crippen molar-refractivity contribution in [3.8, 4) is 0 Å². The Morgan fingerprint density at radius 2 is 1.88 bits per heavy atom. The molecule has 0 aliphatic heterocycles. The van der Waals surface area contributed by atoms with E-state index in [2.05, 4.69) is 4.98 Å². The van der Waals surface area contributed by atoms with E-state index in [-0.39, 0.29) is 0 Å². The van der Waals surface area contributed by atoms with Gasteiger partial charge in [-0.3, -0.25) is 0 Å². The molecular formula is C12H9ClN2S2. The number of aromatic nitrogens is 1. The predicted molar refractivity (Wildman–Crippen MR) is 75.7 cm³/mol. The van der Waals surface area contributed by atoms with Gasteiger partial charge in [-0.15, -0.1) is 0 Å². The summed E-state index contributed by atoms with van der Waals surface area (Å²) < 4.78 is 0. The lowest BCUT2D eigenvalue weighted by Crippen LogP contribution is -2.09. The number of benzene rings is 1. The molecule has 0 bridgehead atoms. The number of halogens is 1. The van der Waals surface area contributed by atoms with Crippen molar-refractivity contribution in [2.75, 3.05) is 0 Å². The summed E-state index contributed by atoms with van der Waals surface area (Å²) in [5, 5.41) is 1.62. The number of hydrogen-bond acceptors (Lipinski definition) is 3. The molecule has 0 spiro atoms. The molecule has 0 fully saturated rings. The van der Waals surface area contributed by atoms with Gasteiger partial charge in [0.2, 0.25) is 0 Å². The Hall–Kier alpha value is -1.10. The van der Waals surface area contributed by atoms with E-state index in [0.717, 1.165) is 20.5 Å². The highest BCUT2D eigenvalue weighted by Gasteiger charge is 2.00. The Kier molecular flexibility index (Phi) is 3.99. The highest BCUT2D eigenvalue weighted by molar-refractivity contribution is 7.99. The fourth-order valence-electron chi connectivity index (χ4n) is 1.21. The summed E-state index contributed by atoms with van der Waals surface area (Å²) in [6.45, 7) is 0. The van der Waals surface area contributed by atoms with E-state index < -0.39 is 0 Å². The normalized spacial score (nSPS) is 10.2. The third-order valence-corrected chi connectivity index (χ3v) is 3.50. The van der Waals surface area contributed by atoms with Gasteiger partial charge < -0.3 is 5.73 Å². The lowest BCUT2D eigenvalue weighted by Gasteiger charge is -2.02. The van der Waals surface area contributed by atoms with Crippen LogP contribution < -0.4 is 5.73 Å². The van der Waals surface area contributed by atoms with Crippen molar-refractivity contribution in [3.05, 3.63) is 53.2 Å². The first-order chi connectivity index (χ1) is 8.15. The maximum Gasteiger partial charge on any atom is 0.105 e. The monoisotopic (exact) mass is 280 g/mol. The maximum absolute atomic E-state index is 5.82. The zero-order valence-corrected chi connectivity index (χ0v) is 11.1. The van der Waals surface area contributed by atoms with Crippen molar-refractivity contribution >= 4 is 40.6 Å². The zero-order chi connectivity index (χ0) is 12.3. The van der Waals surface area contributed by atoms with Crippen LogP contribution in [0.5, 0.6) is 0 Å². The van der Waals surface area contributed by atoms with Crippen LogP contribution in [-0.4, -0.2) is 9.97 Å². The second-order valence-electron chi connectivity index (χ2n) is 3.31. The Labute approximate surface area is 114 Å². The summed E-state index contributed by atoms with van der Waals surface area (Å²) in [5.74, 6) is 0. The highest BCUT2D eigenvalue weighted by atomic mass is 35.5. The maximum atomic E-state index is 5.82. The molecule has 2 aromatic rings. The number of hydrogen-bond donors (Lipinski definition) is 1. The van der Waals surface area contributed by atoms with Crippen LogP contribution in [0.15, 0.2) is 52.5 Å². The first-order valence-electron chi connectivity index (χ1n) is 4.84. The summed E-state index contributed by atoms with van der Waals surface area (Å²) in [5.41, 5.74) is 6.28. The second kappa shape index (κ2) is 5.49. The number of nitrogens with zero attached hydrogens (tertiary/aromatic N) is 1. The van der Waals surface area contributed by atoms with Crippen LogP contribution in [0.1, 0.15) is 5.56 Å². The summed E-state index contributed by atoms with van der Waals surface area (Å²) in [6.07, 6.45) is 1.68. The summed E-state index contributed by atoms with van der Waals surface area (Å²) in [6, 6.07) is 11.4. The van der Waals surface area contributed by atoms with Crippen LogP contribution in [-0.2, 0) is 0 Å². The van der Waals surface area contributed by atoms with Crippen LogP contribution in [0.25, 0.3) is 0 Å². The lowest BCUT2D eigenvalue weighted by molar-refractivity contribution is 1.13. The van der Waals surface area contributed by atoms with Gasteiger partial charge in [0.05, 0.1) is 0 Å². The molecule has 86 valence electrons. The molecule has 1 heterocycles. The molecule has 2 nitrogen and oxygen atoms in total. The van der Waals surface area contributed by atoms with E-state index in [1.165, 1.54) is 0 Å². The first kappa shape index (κ1) is 12.4. The van der Waals surface area contributed by atoms with Crippen molar-refractivity contribution in [3.63, 3.8) is 0 Å². The lowest BCUT2D eigenvalue weighted by atomic mass is 10.3. The minimum Gasteiger partial charge on any atom is -0.389 e. The zero-order valence-electron chi connectivity index (χ0n) is 8.76. The molecule has 0 unspecified atom stereocenters. The Bertz CT molecular complexity index is 523. The van der Waals surface area contributed by atoms with Crippen LogP contribution in [0.3, 0.4) is 0 Å². The quantitative estimate of drug-likeness (QED) is 0.873. The van der Waals surface area contributed by atoms with Gasteiger partial charge in [0.1, 0.15) is 10.0 Å². The van der Waals surface area contributed by atoms with Crippen LogP contribution in [0.4, 0.5) is 0 Å². The van der Waals surface area contributed by atoms with Gasteiger partial charge in [0, 0.05) is 21.7 Å². The smallest absolute Gasteiger partial charge is 0.105 e. The summed E-state index contributed by atoms with van der Waals surface area (Å²) >= 11 is 12.2. The second-order valence-corrected chi connectivity index (χ2v) is 5.28. The number of nitrogens with two attached hydrogens (primary N) is 1. The predicted octanol–water partition coefficient (Wildman–Crippen LogP) is 3.52. The third kappa shape index (κ3) is 3.43. The van der Waals surface area contributed by atoms with E-state index in [4.69, 9.17) is 29.6 Å². The van der Waals surface area contributed by atoms with Crippen molar-refractivity contribution < 1.29 is 0 Å². The van der Waals surface area contributed by atoms with Gasteiger partial charge in [-0.25, -0.2) is 4.98 Å². The molecular weight excluding hydrogens is 272 g/mol. The largest absolute Gasteiger partial charge is 0.389 e. The molecule has 0 aliphatic carbocycles. The molecule has 0 aliphatic rings. The van der Waals surface area contributed by atoms with Crippen LogP contribution >= 0.6 is 35.6 Å². The molecule has 17 heavy (non-hydrogen) atoms. The standard InChI is InChI=1S/C12H9ClN2S2/c13-9-2-4-10(5-3-9)17-11-6-1-8(7-15-11)12(14)16/h1-7H,(H2,14,16). The molecule has 2 N–H and O–H groups in total. The molecule has 0 saturated carbocycles. The average Bonchev–Trinajstić information content (AvgIpc) is 2.33. The minimum absolute atomic E-state index is 0.362. The van der Waals surface area contributed by atoms with Gasteiger partial charge in [-0.05, 0) is 36.4 Å². The van der Waals surface area contributed by atoms with E-state index in [1.54, 1.807) is 18.0 Å². The van der Waals surface area contributed by atoms with Crippen LogP contribution in [0.2, 0.25) is 5.02 Å². The van der Waals surface area contributed by atoms with Gasteiger partial charge in [0.15, 0.2) is 0 Å². The number of thiocarbonyl (C=S) groups is 1. The SMILES string of the molecule is NC(=S)c1ccc(Sc2ccc(Cl)cc2)nc1. The van der Waals surface area contributed by atoms with Gasteiger partial charge in [0.25, 0.3) is 0 Å². The Morgan fingerprint density at radius 1 is 1.18 bits per heavy atom. The Balaban J connectivity index is 2.13. The molecule has 5 heteroatoms. The molecule has 1 aromatic carbocycles. The first-order valence-corrected chi connectivity index (χ1v) is 6.45. The van der Waals surface area contributed by atoms with Crippen molar-refractivity contribution in [1.82, 2.24) is 4.98 Å².